The second kappa shape index (κ2) is 6.06. The van der Waals surface area contributed by atoms with Crippen molar-refractivity contribution in [2.45, 2.75) is 6.54 Å². The highest BCUT2D eigenvalue weighted by molar-refractivity contribution is 5.96. The van der Waals surface area contributed by atoms with Crippen LogP contribution in [0.4, 0.5) is 15.8 Å². The molecular formula is C15H15FN2O2. The molecule has 2 aromatic rings. The van der Waals surface area contributed by atoms with E-state index in [2.05, 4.69) is 5.32 Å². The van der Waals surface area contributed by atoms with Crippen LogP contribution in [-0.2, 0) is 11.3 Å². The van der Waals surface area contributed by atoms with E-state index in [-0.39, 0.29) is 5.82 Å². The van der Waals surface area contributed by atoms with Gasteiger partial charge in [-0.05, 0) is 35.9 Å². The van der Waals surface area contributed by atoms with Crippen molar-refractivity contribution < 1.29 is 13.9 Å². The molecule has 0 bridgehead atoms. The smallest absolute Gasteiger partial charge is 0.340 e. The van der Waals surface area contributed by atoms with Crippen molar-refractivity contribution in [3.8, 4) is 0 Å². The lowest BCUT2D eigenvalue weighted by Crippen LogP contribution is -2.09. The molecule has 0 aliphatic carbocycles. The topological polar surface area (TPSA) is 64.3 Å². The molecule has 0 spiro atoms. The van der Waals surface area contributed by atoms with Gasteiger partial charge in [-0.3, -0.25) is 0 Å². The molecule has 0 saturated carbocycles. The summed E-state index contributed by atoms with van der Waals surface area (Å²) in [6.07, 6.45) is 0. The van der Waals surface area contributed by atoms with E-state index in [1.54, 1.807) is 30.3 Å². The number of esters is 1. The van der Waals surface area contributed by atoms with Gasteiger partial charge in [0.15, 0.2) is 0 Å². The molecule has 0 aliphatic heterocycles. The highest BCUT2D eigenvalue weighted by atomic mass is 19.1. The molecule has 3 N–H and O–H groups in total. The zero-order valence-electron chi connectivity index (χ0n) is 11.0. The van der Waals surface area contributed by atoms with Crippen molar-refractivity contribution in [1.82, 2.24) is 0 Å². The Morgan fingerprint density at radius 2 is 1.95 bits per heavy atom. The van der Waals surface area contributed by atoms with Gasteiger partial charge in [-0.25, -0.2) is 9.18 Å². The predicted octanol–water partition coefficient (Wildman–Crippen LogP) is 2.81. The number of hydrogen-bond donors (Lipinski definition) is 2. The van der Waals surface area contributed by atoms with Gasteiger partial charge in [0.05, 0.1) is 12.7 Å². The fraction of sp³-hybridized carbons (Fsp3) is 0.133. The van der Waals surface area contributed by atoms with Crippen molar-refractivity contribution in [2.24, 2.45) is 0 Å². The lowest BCUT2D eigenvalue weighted by atomic mass is 10.1. The lowest BCUT2D eigenvalue weighted by Gasteiger charge is -2.11. The van der Waals surface area contributed by atoms with E-state index in [0.717, 1.165) is 5.56 Å². The molecule has 20 heavy (non-hydrogen) atoms. The summed E-state index contributed by atoms with van der Waals surface area (Å²) in [7, 11) is 1.31. The van der Waals surface area contributed by atoms with Gasteiger partial charge in [-0.2, -0.15) is 0 Å². The van der Waals surface area contributed by atoms with Crippen molar-refractivity contribution in [3.05, 3.63) is 59.4 Å². The van der Waals surface area contributed by atoms with Crippen LogP contribution in [0.25, 0.3) is 0 Å². The first kappa shape index (κ1) is 13.9. The first-order valence-electron chi connectivity index (χ1n) is 6.06. The van der Waals surface area contributed by atoms with E-state index >= 15 is 0 Å². The fourth-order valence-corrected chi connectivity index (χ4v) is 1.79. The Balaban J connectivity index is 2.16. The van der Waals surface area contributed by atoms with Crippen molar-refractivity contribution in [2.75, 3.05) is 18.2 Å². The van der Waals surface area contributed by atoms with Gasteiger partial charge in [0.25, 0.3) is 0 Å². The van der Waals surface area contributed by atoms with Gasteiger partial charge in [-0.15, -0.1) is 0 Å². The molecule has 104 valence electrons. The highest BCUT2D eigenvalue weighted by Gasteiger charge is 2.12. The number of carbonyl (C=O) groups excluding carboxylic acids is 1. The average molecular weight is 274 g/mol. The molecule has 0 aromatic heterocycles. The van der Waals surface area contributed by atoms with Gasteiger partial charge >= 0.3 is 5.97 Å². The average Bonchev–Trinajstić information content (AvgIpc) is 2.46. The third kappa shape index (κ3) is 3.26. The maximum Gasteiger partial charge on any atom is 0.340 e. The second-order valence-electron chi connectivity index (χ2n) is 4.28. The van der Waals surface area contributed by atoms with Gasteiger partial charge in [0.1, 0.15) is 5.82 Å². The fourth-order valence-electron chi connectivity index (χ4n) is 1.79. The van der Waals surface area contributed by atoms with Crippen LogP contribution in [0.1, 0.15) is 15.9 Å². The molecule has 0 amide bonds. The third-order valence-corrected chi connectivity index (χ3v) is 2.85. The molecule has 2 rings (SSSR count). The van der Waals surface area contributed by atoms with E-state index in [4.69, 9.17) is 10.5 Å². The summed E-state index contributed by atoms with van der Waals surface area (Å²) < 4.78 is 17.5. The largest absolute Gasteiger partial charge is 0.465 e. The second-order valence-corrected chi connectivity index (χ2v) is 4.28. The third-order valence-electron chi connectivity index (χ3n) is 2.85. The number of carbonyl (C=O) groups is 1. The Kier molecular flexibility index (Phi) is 4.20. The summed E-state index contributed by atoms with van der Waals surface area (Å²) in [6, 6.07) is 11.1. The number of benzene rings is 2. The van der Waals surface area contributed by atoms with Crippen LogP contribution in [0, 0.1) is 5.82 Å². The first-order valence-corrected chi connectivity index (χ1v) is 6.06. The van der Waals surface area contributed by atoms with Crippen LogP contribution >= 0.6 is 0 Å². The summed E-state index contributed by atoms with van der Waals surface area (Å²) in [5.41, 5.74) is 8.04. The molecule has 0 fully saturated rings. The van der Waals surface area contributed by atoms with Crippen molar-refractivity contribution >= 4 is 17.3 Å². The molecular weight excluding hydrogens is 259 g/mol. The summed E-state index contributed by atoms with van der Waals surface area (Å²) >= 11 is 0. The van der Waals surface area contributed by atoms with Crippen LogP contribution in [0.2, 0.25) is 0 Å². The van der Waals surface area contributed by atoms with Crippen molar-refractivity contribution in [3.63, 3.8) is 0 Å². The van der Waals surface area contributed by atoms with Crippen LogP contribution < -0.4 is 11.1 Å². The lowest BCUT2D eigenvalue weighted by molar-refractivity contribution is 0.0602. The normalized spacial score (nSPS) is 10.1. The van der Waals surface area contributed by atoms with E-state index < -0.39 is 5.97 Å². The maximum absolute atomic E-state index is 12.8. The Morgan fingerprint density at radius 3 is 2.60 bits per heavy atom. The summed E-state index contributed by atoms with van der Waals surface area (Å²) in [4.78, 5) is 11.7. The number of nitrogens with two attached hydrogens (primary N) is 1. The quantitative estimate of drug-likeness (QED) is 0.664. The first-order chi connectivity index (χ1) is 9.60. The number of halogens is 1. The molecule has 0 aliphatic rings. The molecule has 0 radical (unpaired) electrons. The molecule has 0 heterocycles. The number of nitrogen functional groups attached to an aromatic ring is 1. The van der Waals surface area contributed by atoms with Crippen LogP contribution in [0.3, 0.4) is 0 Å². The number of rotatable bonds is 4. The summed E-state index contributed by atoms with van der Waals surface area (Å²) in [6.45, 7) is 0.466. The minimum Gasteiger partial charge on any atom is -0.465 e. The Labute approximate surface area is 116 Å². The van der Waals surface area contributed by atoms with Gasteiger partial charge in [-0.1, -0.05) is 12.1 Å². The molecule has 5 heteroatoms. The molecule has 0 saturated heterocycles. The van der Waals surface area contributed by atoms with Crippen LogP contribution in [-0.4, -0.2) is 13.1 Å². The Bertz CT molecular complexity index is 612. The standard InChI is InChI=1S/C15H15FN2O2/c1-20-15(19)13-8-12(17)6-7-14(13)18-9-10-2-4-11(16)5-3-10/h2-8,18H,9,17H2,1H3. The molecule has 0 atom stereocenters. The Morgan fingerprint density at radius 1 is 1.25 bits per heavy atom. The maximum atomic E-state index is 12.8. The molecule has 2 aromatic carbocycles. The number of ether oxygens (including phenoxy) is 1. The number of anilines is 2. The zero-order valence-corrected chi connectivity index (χ0v) is 11.0. The van der Waals surface area contributed by atoms with Gasteiger partial charge in [0, 0.05) is 17.9 Å². The van der Waals surface area contributed by atoms with E-state index in [0.29, 0.717) is 23.5 Å². The van der Waals surface area contributed by atoms with Gasteiger partial charge < -0.3 is 15.8 Å². The minimum absolute atomic E-state index is 0.281. The van der Waals surface area contributed by atoms with Crippen LogP contribution in [0.5, 0.6) is 0 Å². The minimum atomic E-state index is -0.459. The molecule has 4 nitrogen and oxygen atoms in total. The SMILES string of the molecule is COC(=O)c1cc(N)ccc1NCc1ccc(F)cc1. The number of nitrogens with one attached hydrogen (secondary N) is 1. The van der Waals surface area contributed by atoms with Gasteiger partial charge in [0.2, 0.25) is 0 Å². The Hall–Kier alpha value is -2.56. The summed E-state index contributed by atoms with van der Waals surface area (Å²) in [5, 5.41) is 3.11. The number of methoxy groups -OCH3 is 1. The molecule has 0 unspecified atom stereocenters. The zero-order chi connectivity index (χ0) is 14.5. The van der Waals surface area contributed by atoms with E-state index in [1.807, 2.05) is 0 Å². The van der Waals surface area contributed by atoms with Crippen LogP contribution in [0.15, 0.2) is 42.5 Å². The number of hydrogen-bond acceptors (Lipinski definition) is 4. The van der Waals surface area contributed by atoms with E-state index in [9.17, 15) is 9.18 Å². The highest BCUT2D eigenvalue weighted by Crippen LogP contribution is 2.20. The van der Waals surface area contributed by atoms with Crippen molar-refractivity contribution in [1.29, 1.82) is 0 Å². The van der Waals surface area contributed by atoms with E-state index in [1.165, 1.54) is 19.2 Å². The predicted molar refractivity (Wildman–Crippen MR) is 75.9 cm³/mol. The monoisotopic (exact) mass is 274 g/mol. The summed E-state index contributed by atoms with van der Waals surface area (Å²) in [5.74, 6) is -0.740.